The van der Waals surface area contributed by atoms with E-state index in [1.165, 1.54) is 18.5 Å². The molecule has 0 bridgehead atoms. The Kier molecular flexibility index (Phi) is 3.47. The van der Waals surface area contributed by atoms with Crippen LogP contribution < -0.4 is 5.32 Å². The van der Waals surface area contributed by atoms with Gasteiger partial charge in [0.1, 0.15) is 5.75 Å². The van der Waals surface area contributed by atoms with Gasteiger partial charge in [0.05, 0.1) is 17.3 Å². The number of hydrogen-bond acceptors (Lipinski definition) is 4. The Morgan fingerprint density at radius 2 is 2.05 bits per heavy atom. The second-order valence-corrected chi connectivity index (χ2v) is 4.61. The highest BCUT2D eigenvalue weighted by atomic mass is 16.3. The minimum Gasteiger partial charge on any atom is -0.506 e. The van der Waals surface area contributed by atoms with Crippen LogP contribution in [0.4, 0.5) is 0 Å². The monoisotopic (exact) mass is 279 g/mol. The number of aromatic nitrogens is 2. The predicted molar refractivity (Wildman–Crippen MR) is 78.8 cm³/mol. The molecular weight excluding hydrogens is 266 g/mol. The molecule has 0 atom stereocenters. The summed E-state index contributed by atoms with van der Waals surface area (Å²) in [6.07, 6.45) is 4.43. The van der Waals surface area contributed by atoms with Crippen LogP contribution in [-0.4, -0.2) is 21.0 Å². The molecule has 0 fully saturated rings. The minimum atomic E-state index is -0.286. The Bertz CT molecular complexity index is 797. The van der Waals surface area contributed by atoms with Crippen LogP contribution >= 0.6 is 0 Å². The first-order chi connectivity index (χ1) is 10.2. The lowest BCUT2D eigenvalue weighted by atomic mass is 10.1. The van der Waals surface area contributed by atoms with E-state index < -0.39 is 0 Å². The Hall–Kier alpha value is -2.95. The zero-order chi connectivity index (χ0) is 14.7. The van der Waals surface area contributed by atoms with Crippen molar-refractivity contribution in [1.82, 2.24) is 15.3 Å². The van der Waals surface area contributed by atoms with Gasteiger partial charge in [0.15, 0.2) is 0 Å². The molecule has 21 heavy (non-hydrogen) atoms. The lowest BCUT2D eigenvalue weighted by molar-refractivity contribution is 0.0950. The molecule has 2 N–H and O–H groups in total. The Morgan fingerprint density at radius 3 is 2.90 bits per heavy atom. The van der Waals surface area contributed by atoms with Gasteiger partial charge in [-0.2, -0.15) is 0 Å². The summed E-state index contributed by atoms with van der Waals surface area (Å²) in [6.45, 7) is 0.364. The summed E-state index contributed by atoms with van der Waals surface area (Å²) in [5.41, 5.74) is 2.13. The van der Waals surface area contributed by atoms with E-state index in [9.17, 15) is 9.90 Å². The lowest BCUT2D eigenvalue weighted by Crippen LogP contribution is -2.23. The fourth-order valence-electron chi connectivity index (χ4n) is 2.14. The van der Waals surface area contributed by atoms with Crippen LogP contribution in [0.3, 0.4) is 0 Å². The van der Waals surface area contributed by atoms with E-state index >= 15 is 0 Å². The smallest absolute Gasteiger partial charge is 0.253 e. The van der Waals surface area contributed by atoms with Crippen molar-refractivity contribution < 1.29 is 9.90 Å². The molecule has 1 aromatic carbocycles. The SMILES string of the molecule is O=C(NCc1cccc2cccnc12)c1cncc(O)c1. The van der Waals surface area contributed by atoms with Crippen molar-refractivity contribution in [1.29, 1.82) is 0 Å². The maximum absolute atomic E-state index is 12.0. The summed E-state index contributed by atoms with van der Waals surface area (Å²) in [6, 6.07) is 11.1. The molecule has 1 amide bonds. The van der Waals surface area contributed by atoms with Gasteiger partial charge in [0.2, 0.25) is 0 Å². The van der Waals surface area contributed by atoms with Gasteiger partial charge in [-0.05, 0) is 17.7 Å². The summed E-state index contributed by atoms with van der Waals surface area (Å²) in [4.78, 5) is 20.2. The molecule has 0 saturated carbocycles. The lowest BCUT2D eigenvalue weighted by Gasteiger charge is -2.07. The highest BCUT2D eigenvalue weighted by Gasteiger charge is 2.08. The fourth-order valence-corrected chi connectivity index (χ4v) is 2.14. The first-order valence-electron chi connectivity index (χ1n) is 6.49. The van der Waals surface area contributed by atoms with E-state index in [-0.39, 0.29) is 11.7 Å². The summed E-state index contributed by atoms with van der Waals surface area (Å²) >= 11 is 0. The first-order valence-corrected chi connectivity index (χ1v) is 6.49. The number of carbonyl (C=O) groups excluding carboxylic acids is 1. The first kappa shape index (κ1) is 13.1. The largest absolute Gasteiger partial charge is 0.506 e. The second-order valence-electron chi connectivity index (χ2n) is 4.61. The number of benzene rings is 1. The van der Waals surface area contributed by atoms with Gasteiger partial charge in [0.25, 0.3) is 5.91 Å². The minimum absolute atomic E-state index is 0.0329. The molecule has 3 rings (SSSR count). The third-order valence-corrected chi connectivity index (χ3v) is 3.14. The van der Waals surface area contributed by atoms with Crippen LogP contribution in [0.2, 0.25) is 0 Å². The normalized spacial score (nSPS) is 10.5. The third-order valence-electron chi connectivity index (χ3n) is 3.14. The number of fused-ring (bicyclic) bond motifs is 1. The number of pyridine rings is 2. The number of nitrogens with one attached hydrogen (secondary N) is 1. The van der Waals surface area contributed by atoms with Crippen molar-refractivity contribution in [2.75, 3.05) is 0 Å². The summed E-state index contributed by atoms with van der Waals surface area (Å²) in [5, 5.41) is 13.2. The predicted octanol–water partition coefficient (Wildman–Crippen LogP) is 2.27. The molecule has 2 heterocycles. The fraction of sp³-hybridized carbons (Fsp3) is 0.0625. The van der Waals surface area contributed by atoms with E-state index in [0.29, 0.717) is 12.1 Å². The number of nitrogens with zero attached hydrogens (tertiary/aromatic N) is 2. The van der Waals surface area contributed by atoms with Crippen LogP contribution in [0.15, 0.2) is 55.0 Å². The zero-order valence-corrected chi connectivity index (χ0v) is 11.2. The van der Waals surface area contributed by atoms with Crippen LogP contribution in [0.25, 0.3) is 10.9 Å². The number of carbonyl (C=O) groups is 1. The molecule has 0 radical (unpaired) electrons. The van der Waals surface area contributed by atoms with E-state index in [1.807, 2.05) is 30.3 Å². The molecule has 5 heteroatoms. The van der Waals surface area contributed by atoms with Crippen LogP contribution in [-0.2, 0) is 6.54 Å². The molecule has 0 aliphatic rings. The van der Waals surface area contributed by atoms with E-state index in [0.717, 1.165) is 16.5 Å². The summed E-state index contributed by atoms with van der Waals surface area (Å²) < 4.78 is 0. The highest BCUT2D eigenvalue weighted by molar-refractivity contribution is 5.94. The average molecular weight is 279 g/mol. The quantitative estimate of drug-likeness (QED) is 0.771. The van der Waals surface area contributed by atoms with Crippen LogP contribution in [0.5, 0.6) is 5.75 Å². The highest BCUT2D eigenvalue weighted by Crippen LogP contribution is 2.16. The van der Waals surface area contributed by atoms with Crippen molar-refractivity contribution in [3.05, 3.63) is 66.1 Å². The maximum atomic E-state index is 12.0. The van der Waals surface area contributed by atoms with Crippen LogP contribution in [0.1, 0.15) is 15.9 Å². The van der Waals surface area contributed by atoms with Crippen molar-refractivity contribution in [3.8, 4) is 5.75 Å². The molecule has 2 aromatic heterocycles. The van der Waals surface area contributed by atoms with Gasteiger partial charge in [-0.1, -0.05) is 24.3 Å². The van der Waals surface area contributed by atoms with Gasteiger partial charge < -0.3 is 10.4 Å². The van der Waals surface area contributed by atoms with E-state index in [1.54, 1.807) is 6.20 Å². The van der Waals surface area contributed by atoms with Gasteiger partial charge in [-0.15, -0.1) is 0 Å². The maximum Gasteiger partial charge on any atom is 0.253 e. The molecule has 104 valence electrons. The van der Waals surface area contributed by atoms with Crippen molar-refractivity contribution in [2.24, 2.45) is 0 Å². The second kappa shape index (κ2) is 5.58. The average Bonchev–Trinajstić information content (AvgIpc) is 2.52. The summed E-state index contributed by atoms with van der Waals surface area (Å²) in [7, 11) is 0. The molecule has 0 aliphatic heterocycles. The third kappa shape index (κ3) is 2.81. The van der Waals surface area contributed by atoms with E-state index in [4.69, 9.17) is 0 Å². The van der Waals surface area contributed by atoms with Gasteiger partial charge in [0, 0.05) is 24.3 Å². The van der Waals surface area contributed by atoms with Crippen molar-refractivity contribution in [3.63, 3.8) is 0 Å². The van der Waals surface area contributed by atoms with Crippen LogP contribution in [0, 0.1) is 0 Å². The van der Waals surface area contributed by atoms with Crippen molar-refractivity contribution >= 4 is 16.8 Å². The molecular formula is C16H13N3O2. The molecule has 0 unspecified atom stereocenters. The number of amides is 1. The molecule has 5 nitrogen and oxygen atoms in total. The standard InChI is InChI=1S/C16H13N3O2/c20-14-7-13(8-17-10-14)16(21)19-9-12-4-1-3-11-5-2-6-18-15(11)12/h1-8,10,20H,9H2,(H,19,21). The van der Waals surface area contributed by atoms with Gasteiger partial charge in [-0.25, -0.2) is 0 Å². The molecule has 0 aliphatic carbocycles. The summed E-state index contributed by atoms with van der Waals surface area (Å²) in [5.74, 6) is -0.319. The van der Waals surface area contributed by atoms with E-state index in [2.05, 4.69) is 15.3 Å². The molecule has 3 aromatic rings. The number of aromatic hydroxyl groups is 1. The Labute approximate surface area is 121 Å². The van der Waals surface area contributed by atoms with Crippen molar-refractivity contribution in [2.45, 2.75) is 6.54 Å². The number of hydrogen-bond donors (Lipinski definition) is 2. The van der Waals surface area contributed by atoms with Gasteiger partial charge >= 0.3 is 0 Å². The Balaban J connectivity index is 1.79. The topological polar surface area (TPSA) is 75.1 Å². The molecule has 0 spiro atoms. The zero-order valence-electron chi connectivity index (χ0n) is 11.2. The van der Waals surface area contributed by atoms with Gasteiger partial charge in [-0.3, -0.25) is 14.8 Å². The number of rotatable bonds is 3. The molecule has 0 saturated heterocycles. The Morgan fingerprint density at radius 1 is 1.19 bits per heavy atom. The number of para-hydroxylation sites is 1.